The Balaban J connectivity index is 2.34. The minimum Gasteiger partial charge on any atom is -0.443 e. The summed E-state index contributed by atoms with van der Waals surface area (Å²) in [4.78, 5) is 13.9. The van der Waals surface area contributed by atoms with Crippen LogP contribution in [0.5, 0.6) is 0 Å². The van der Waals surface area contributed by atoms with Gasteiger partial charge in [0.05, 0.1) is 17.7 Å². The first kappa shape index (κ1) is 14.4. The predicted molar refractivity (Wildman–Crippen MR) is 77.6 cm³/mol. The molecule has 0 saturated carbocycles. The second-order valence-electron chi connectivity index (χ2n) is 6.25. The lowest BCUT2D eigenvalue weighted by molar-refractivity contribution is 0.0574. The topological polar surface area (TPSA) is 53.3 Å². The van der Waals surface area contributed by atoms with Gasteiger partial charge in [-0.15, -0.1) is 0 Å². The summed E-state index contributed by atoms with van der Waals surface area (Å²) in [5.41, 5.74) is 2.48. The second kappa shape index (κ2) is 5.16. The van der Waals surface area contributed by atoms with E-state index in [4.69, 9.17) is 4.74 Å². The first-order valence-electron chi connectivity index (χ1n) is 6.80. The van der Waals surface area contributed by atoms with E-state index in [-0.39, 0.29) is 12.0 Å². The number of benzene rings is 1. The van der Waals surface area contributed by atoms with Crippen molar-refractivity contribution in [2.24, 2.45) is 5.92 Å². The molecule has 20 heavy (non-hydrogen) atoms. The van der Waals surface area contributed by atoms with E-state index >= 15 is 0 Å². The molecule has 0 radical (unpaired) electrons. The number of hydrogen-bond acceptors (Lipinski definition) is 3. The number of carbonyl (C=O) groups excluding carboxylic acids is 1. The van der Waals surface area contributed by atoms with Crippen LogP contribution in [0.15, 0.2) is 18.2 Å². The molecule has 0 bridgehead atoms. The Hall–Kier alpha value is -2.02. The third-order valence-corrected chi connectivity index (χ3v) is 3.19. The fourth-order valence-electron chi connectivity index (χ4n) is 2.37. The van der Waals surface area contributed by atoms with Crippen molar-refractivity contribution < 1.29 is 9.53 Å². The van der Waals surface area contributed by atoms with Gasteiger partial charge in [-0.1, -0.05) is 17.7 Å². The Bertz CT molecular complexity index is 567. The number of nitriles is 1. The van der Waals surface area contributed by atoms with Crippen LogP contribution in [0.25, 0.3) is 0 Å². The molecular weight excluding hydrogens is 252 g/mol. The van der Waals surface area contributed by atoms with Crippen molar-refractivity contribution >= 4 is 11.8 Å². The van der Waals surface area contributed by atoms with E-state index in [0.29, 0.717) is 13.0 Å². The maximum Gasteiger partial charge on any atom is 0.414 e. The van der Waals surface area contributed by atoms with E-state index < -0.39 is 5.60 Å². The lowest BCUT2D eigenvalue weighted by Crippen LogP contribution is -2.42. The maximum atomic E-state index is 12.3. The summed E-state index contributed by atoms with van der Waals surface area (Å²) in [6.07, 6.45) is 0.301. The van der Waals surface area contributed by atoms with E-state index in [2.05, 4.69) is 6.07 Å². The van der Waals surface area contributed by atoms with Crippen LogP contribution in [0.3, 0.4) is 0 Å². The molecule has 2 rings (SSSR count). The third-order valence-electron chi connectivity index (χ3n) is 3.19. The molecule has 1 amide bonds. The zero-order valence-electron chi connectivity index (χ0n) is 12.4. The molecule has 1 aliphatic rings. The molecule has 0 N–H and O–H groups in total. The summed E-state index contributed by atoms with van der Waals surface area (Å²) in [5, 5.41) is 9.19. The molecule has 1 unspecified atom stereocenters. The summed E-state index contributed by atoms with van der Waals surface area (Å²) in [6, 6.07) is 8.21. The van der Waals surface area contributed by atoms with Gasteiger partial charge in [0.15, 0.2) is 0 Å². The molecule has 1 heterocycles. The molecule has 0 spiro atoms. The first-order chi connectivity index (χ1) is 9.30. The molecule has 0 aromatic heterocycles. The van der Waals surface area contributed by atoms with Crippen molar-refractivity contribution in [1.29, 1.82) is 5.26 Å². The highest BCUT2D eigenvalue weighted by Gasteiger charge is 2.31. The lowest BCUT2D eigenvalue weighted by Gasteiger charge is -2.33. The van der Waals surface area contributed by atoms with Gasteiger partial charge >= 0.3 is 6.09 Å². The number of aryl methyl sites for hydroxylation is 1. The fraction of sp³-hybridized carbons (Fsp3) is 0.500. The zero-order chi connectivity index (χ0) is 14.9. The van der Waals surface area contributed by atoms with Crippen molar-refractivity contribution in [3.63, 3.8) is 0 Å². The smallest absolute Gasteiger partial charge is 0.414 e. The van der Waals surface area contributed by atoms with Gasteiger partial charge in [0.25, 0.3) is 0 Å². The van der Waals surface area contributed by atoms with Crippen LogP contribution in [0.1, 0.15) is 31.9 Å². The van der Waals surface area contributed by atoms with E-state index in [0.717, 1.165) is 16.8 Å². The standard InChI is InChI=1S/C16H20N2O2/c1-11-5-6-14-13(7-11)8-12(9-17)10-18(14)15(19)20-16(2,3)4/h5-7,12H,8,10H2,1-4H3. The number of amides is 1. The Morgan fingerprint density at radius 3 is 2.75 bits per heavy atom. The lowest BCUT2D eigenvalue weighted by atomic mass is 9.92. The molecule has 4 heteroatoms. The average molecular weight is 272 g/mol. The predicted octanol–water partition coefficient (Wildman–Crippen LogP) is 3.43. The molecule has 1 aromatic rings. The van der Waals surface area contributed by atoms with E-state index in [1.165, 1.54) is 0 Å². The van der Waals surface area contributed by atoms with Crippen molar-refractivity contribution in [1.82, 2.24) is 0 Å². The molecule has 1 atom stereocenters. The van der Waals surface area contributed by atoms with Crippen LogP contribution < -0.4 is 4.90 Å². The highest BCUT2D eigenvalue weighted by atomic mass is 16.6. The Kier molecular flexibility index (Phi) is 3.71. The van der Waals surface area contributed by atoms with Gasteiger partial charge in [-0.2, -0.15) is 5.26 Å². The average Bonchev–Trinajstić information content (AvgIpc) is 2.34. The van der Waals surface area contributed by atoms with Crippen LogP contribution in [0, 0.1) is 24.2 Å². The molecule has 4 nitrogen and oxygen atoms in total. The summed E-state index contributed by atoms with van der Waals surface area (Å²) < 4.78 is 5.43. The number of rotatable bonds is 0. The number of anilines is 1. The van der Waals surface area contributed by atoms with Crippen molar-refractivity contribution in [3.8, 4) is 6.07 Å². The van der Waals surface area contributed by atoms with Crippen LogP contribution in [0.2, 0.25) is 0 Å². The van der Waals surface area contributed by atoms with E-state index in [9.17, 15) is 10.1 Å². The SMILES string of the molecule is Cc1ccc2c(c1)CC(C#N)CN2C(=O)OC(C)(C)C. The van der Waals surface area contributed by atoms with Gasteiger partial charge in [0.1, 0.15) is 5.60 Å². The van der Waals surface area contributed by atoms with Gasteiger partial charge in [0, 0.05) is 6.54 Å². The maximum absolute atomic E-state index is 12.3. The van der Waals surface area contributed by atoms with E-state index in [1.807, 2.05) is 45.9 Å². The van der Waals surface area contributed by atoms with Gasteiger partial charge in [-0.25, -0.2) is 4.79 Å². The Labute approximate surface area is 120 Å². The summed E-state index contributed by atoms with van der Waals surface area (Å²) in [5.74, 6) is -0.184. The monoisotopic (exact) mass is 272 g/mol. The Morgan fingerprint density at radius 1 is 1.45 bits per heavy atom. The highest BCUT2D eigenvalue weighted by Crippen LogP contribution is 2.31. The first-order valence-corrected chi connectivity index (χ1v) is 6.80. The molecule has 106 valence electrons. The molecule has 1 aromatic carbocycles. The third kappa shape index (κ3) is 3.11. The molecular formula is C16H20N2O2. The molecule has 0 saturated heterocycles. The van der Waals surface area contributed by atoms with Gasteiger partial charge < -0.3 is 4.74 Å². The van der Waals surface area contributed by atoms with Crippen LogP contribution >= 0.6 is 0 Å². The summed E-state index contributed by atoms with van der Waals surface area (Å²) in [6.45, 7) is 7.92. The van der Waals surface area contributed by atoms with Crippen LogP contribution in [-0.4, -0.2) is 18.2 Å². The minimum absolute atomic E-state index is 0.184. The number of nitrogens with zero attached hydrogens (tertiary/aromatic N) is 2. The van der Waals surface area contributed by atoms with Crippen molar-refractivity contribution in [2.45, 2.75) is 39.7 Å². The number of ether oxygens (including phenoxy) is 1. The van der Waals surface area contributed by atoms with Crippen LogP contribution in [-0.2, 0) is 11.2 Å². The highest BCUT2D eigenvalue weighted by molar-refractivity contribution is 5.89. The van der Waals surface area contributed by atoms with Gasteiger partial charge in [-0.05, 0) is 45.7 Å². The zero-order valence-corrected chi connectivity index (χ0v) is 12.4. The van der Waals surface area contributed by atoms with Crippen molar-refractivity contribution in [3.05, 3.63) is 29.3 Å². The second-order valence-corrected chi connectivity index (χ2v) is 6.25. The molecule has 0 aliphatic carbocycles. The van der Waals surface area contributed by atoms with Gasteiger partial charge in [0.2, 0.25) is 0 Å². The number of carbonyl (C=O) groups is 1. The number of hydrogen-bond donors (Lipinski definition) is 0. The number of fused-ring (bicyclic) bond motifs is 1. The van der Waals surface area contributed by atoms with Crippen molar-refractivity contribution in [2.75, 3.05) is 11.4 Å². The summed E-state index contributed by atoms with van der Waals surface area (Å²) in [7, 11) is 0. The van der Waals surface area contributed by atoms with Gasteiger partial charge in [-0.3, -0.25) is 4.90 Å². The van der Waals surface area contributed by atoms with E-state index in [1.54, 1.807) is 4.90 Å². The van der Waals surface area contributed by atoms with Crippen LogP contribution in [0.4, 0.5) is 10.5 Å². The largest absolute Gasteiger partial charge is 0.443 e. The Morgan fingerprint density at radius 2 is 2.15 bits per heavy atom. The minimum atomic E-state index is -0.540. The molecule has 0 fully saturated rings. The quantitative estimate of drug-likeness (QED) is 0.727. The fourth-order valence-corrected chi connectivity index (χ4v) is 2.37. The normalized spacial score (nSPS) is 18.1. The summed E-state index contributed by atoms with van der Waals surface area (Å²) >= 11 is 0. The molecule has 1 aliphatic heterocycles.